The first-order valence-electron chi connectivity index (χ1n) is 8.40. The van der Waals surface area contributed by atoms with Gasteiger partial charge in [-0.05, 0) is 18.2 Å². The van der Waals surface area contributed by atoms with Crippen molar-refractivity contribution in [1.29, 1.82) is 0 Å². The number of hydrogen-bond donors (Lipinski definition) is 2. The van der Waals surface area contributed by atoms with Crippen LogP contribution >= 0.6 is 0 Å². The van der Waals surface area contributed by atoms with E-state index in [2.05, 4.69) is 20.6 Å². The maximum absolute atomic E-state index is 5.41. The third kappa shape index (κ3) is 4.58. The van der Waals surface area contributed by atoms with Crippen LogP contribution in [0.5, 0.6) is 17.2 Å². The molecule has 3 rings (SSSR count). The minimum absolute atomic E-state index is 0.590. The van der Waals surface area contributed by atoms with E-state index in [1.165, 1.54) is 6.33 Å². The van der Waals surface area contributed by atoms with Crippen LogP contribution in [0, 0.1) is 0 Å². The van der Waals surface area contributed by atoms with E-state index in [0.29, 0.717) is 23.9 Å². The summed E-state index contributed by atoms with van der Waals surface area (Å²) in [6, 6.07) is 15.2. The molecule has 3 aromatic rings. The predicted molar refractivity (Wildman–Crippen MR) is 105 cm³/mol. The number of aromatic nitrogens is 2. The van der Waals surface area contributed by atoms with E-state index >= 15 is 0 Å². The summed E-state index contributed by atoms with van der Waals surface area (Å²) in [5, 5.41) is 6.53. The zero-order valence-corrected chi connectivity index (χ0v) is 15.5. The van der Waals surface area contributed by atoms with E-state index in [9.17, 15) is 0 Å². The van der Waals surface area contributed by atoms with E-state index in [0.717, 1.165) is 22.7 Å². The molecule has 0 saturated heterocycles. The van der Waals surface area contributed by atoms with Gasteiger partial charge in [0.05, 0.1) is 27.0 Å². The molecule has 0 unspecified atom stereocenters. The molecule has 1 heterocycles. The highest BCUT2D eigenvalue weighted by molar-refractivity contribution is 5.66. The van der Waals surface area contributed by atoms with E-state index in [1.807, 2.05) is 48.5 Å². The summed E-state index contributed by atoms with van der Waals surface area (Å²) >= 11 is 0. The molecule has 0 amide bonds. The van der Waals surface area contributed by atoms with Gasteiger partial charge in [-0.1, -0.05) is 18.2 Å². The van der Waals surface area contributed by atoms with E-state index in [1.54, 1.807) is 21.3 Å². The highest BCUT2D eigenvalue weighted by Crippen LogP contribution is 2.31. The molecular formula is C20H22N4O3. The Morgan fingerprint density at radius 1 is 0.815 bits per heavy atom. The lowest BCUT2D eigenvalue weighted by molar-refractivity contribution is 0.395. The lowest BCUT2D eigenvalue weighted by Gasteiger charge is -2.13. The van der Waals surface area contributed by atoms with Crippen molar-refractivity contribution in [2.75, 3.05) is 32.0 Å². The molecule has 7 nitrogen and oxygen atoms in total. The molecule has 2 aromatic carbocycles. The van der Waals surface area contributed by atoms with Gasteiger partial charge in [-0.25, -0.2) is 9.97 Å². The Balaban J connectivity index is 1.72. The van der Waals surface area contributed by atoms with Gasteiger partial charge in [-0.3, -0.25) is 0 Å². The number of benzene rings is 2. The number of nitrogens with zero attached hydrogens (tertiary/aromatic N) is 2. The van der Waals surface area contributed by atoms with Crippen molar-refractivity contribution in [3.8, 4) is 17.2 Å². The Bertz CT molecular complexity index is 902. The number of nitrogens with one attached hydrogen (secondary N) is 2. The standard InChI is InChI=1S/C20H22N4O3/c1-25-15-8-9-16(18(10-15)27-3)24-20-11-19(22-13-23-20)21-12-14-6-4-5-7-17(14)26-2/h4-11,13H,12H2,1-3H3,(H2,21,22,23,24). The Morgan fingerprint density at radius 2 is 1.59 bits per heavy atom. The van der Waals surface area contributed by atoms with Gasteiger partial charge in [-0.2, -0.15) is 0 Å². The molecule has 0 fully saturated rings. The molecule has 7 heteroatoms. The van der Waals surface area contributed by atoms with Crippen LogP contribution in [0.3, 0.4) is 0 Å². The molecule has 0 bridgehead atoms. The highest BCUT2D eigenvalue weighted by Gasteiger charge is 2.07. The highest BCUT2D eigenvalue weighted by atomic mass is 16.5. The van der Waals surface area contributed by atoms with Crippen molar-refractivity contribution < 1.29 is 14.2 Å². The first-order chi connectivity index (χ1) is 13.2. The third-order valence-electron chi connectivity index (χ3n) is 3.99. The van der Waals surface area contributed by atoms with E-state index in [-0.39, 0.29) is 0 Å². The molecule has 0 aliphatic rings. The van der Waals surface area contributed by atoms with Crippen molar-refractivity contribution in [3.63, 3.8) is 0 Å². The molecule has 0 spiro atoms. The van der Waals surface area contributed by atoms with Crippen molar-refractivity contribution >= 4 is 17.3 Å². The molecule has 1 aromatic heterocycles. The molecule has 0 aliphatic heterocycles. The summed E-state index contributed by atoms with van der Waals surface area (Å²) in [7, 11) is 4.89. The SMILES string of the molecule is COc1ccc(Nc2cc(NCc3ccccc3OC)ncn2)c(OC)c1. The maximum Gasteiger partial charge on any atom is 0.146 e. The molecule has 0 radical (unpaired) electrons. The van der Waals surface area contributed by atoms with Crippen molar-refractivity contribution in [2.45, 2.75) is 6.54 Å². The summed E-state index contributed by atoms with van der Waals surface area (Å²) in [4.78, 5) is 8.53. The minimum Gasteiger partial charge on any atom is -0.497 e. The lowest BCUT2D eigenvalue weighted by Crippen LogP contribution is -2.04. The Hall–Kier alpha value is -3.48. The quantitative estimate of drug-likeness (QED) is 0.627. The van der Waals surface area contributed by atoms with Crippen LogP contribution in [-0.2, 0) is 6.54 Å². The summed E-state index contributed by atoms with van der Waals surface area (Å²) < 4.78 is 16.0. The second-order valence-electron chi connectivity index (χ2n) is 5.65. The molecule has 0 atom stereocenters. The van der Waals surface area contributed by atoms with Crippen molar-refractivity contribution in [1.82, 2.24) is 9.97 Å². The van der Waals surface area contributed by atoms with Gasteiger partial charge in [-0.15, -0.1) is 0 Å². The molecule has 140 valence electrons. The van der Waals surface area contributed by atoms with Crippen LogP contribution in [0.15, 0.2) is 54.9 Å². The maximum atomic E-state index is 5.41. The number of para-hydroxylation sites is 1. The van der Waals surface area contributed by atoms with Gasteiger partial charge in [0, 0.05) is 24.2 Å². The minimum atomic E-state index is 0.590. The topological polar surface area (TPSA) is 77.5 Å². The zero-order chi connectivity index (χ0) is 19.1. The van der Waals surface area contributed by atoms with Gasteiger partial charge in [0.1, 0.15) is 35.2 Å². The predicted octanol–water partition coefficient (Wildman–Crippen LogP) is 3.86. The van der Waals surface area contributed by atoms with E-state index < -0.39 is 0 Å². The average molecular weight is 366 g/mol. The normalized spacial score (nSPS) is 10.2. The largest absolute Gasteiger partial charge is 0.497 e. The average Bonchev–Trinajstić information content (AvgIpc) is 2.73. The smallest absolute Gasteiger partial charge is 0.146 e. The monoisotopic (exact) mass is 366 g/mol. The molecule has 0 aliphatic carbocycles. The molecule has 2 N–H and O–H groups in total. The third-order valence-corrected chi connectivity index (χ3v) is 3.99. The Morgan fingerprint density at radius 3 is 2.37 bits per heavy atom. The second kappa shape index (κ2) is 8.75. The van der Waals surface area contributed by atoms with E-state index in [4.69, 9.17) is 14.2 Å². The van der Waals surface area contributed by atoms with Crippen molar-refractivity contribution in [2.24, 2.45) is 0 Å². The molecule has 0 saturated carbocycles. The summed E-state index contributed by atoms with van der Waals surface area (Å²) in [5.41, 5.74) is 1.83. The first kappa shape index (κ1) is 18.3. The van der Waals surface area contributed by atoms with Crippen LogP contribution in [0.1, 0.15) is 5.56 Å². The fourth-order valence-electron chi connectivity index (χ4n) is 2.60. The Kier molecular flexibility index (Phi) is 5.94. The van der Waals surface area contributed by atoms with Crippen LogP contribution in [0.25, 0.3) is 0 Å². The van der Waals surface area contributed by atoms with Gasteiger partial charge in [0.2, 0.25) is 0 Å². The zero-order valence-electron chi connectivity index (χ0n) is 15.5. The first-order valence-corrected chi connectivity index (χ1v) is 8.40. The van der Waals surface area contributed by atoms with Gasteiger partial charge in [0.25, 0.3) is 0 Å². The number of ether oxygens (including phenoxy) is 3. The molecule has 27 heavy (non-hydrogen) atoms. The van der Waals surface area contributed by atoms with Crippen LogP contribution in [0.4, 0.5) is 17.3 Å². The summed E-state index contributed by atoms with van der Waals surface area (Å²) in [5.74, 6) is 3.57. The van der Waals surface area contributed by atoms with Gasteiger partial charge < -0.3 is 24.8 Å². The summed E-state index contributed by atoms with van der Waals surface area (Å²) in [6.07, 6.45) is 1.50. The number of methoxy groups -OCH3 is 3. The van der Waals surface area contributed by atoms with Crippen LogP contribution in [0.2, 0.25) is 0 Å². The molecular weight excluding hydrogens is 344 g/mol. The Labute approximate surface area is 158 Å². The fraction of sp³-hybridized carbons (Fsp3) is 0.200. The van der Waals surface area contributed by atoms with Gasteiger partial charge in [0.15, 0.2) is 0 Å². The summed E-state index contributed by atoms with van der Waals surface area (Å²) in [6.45, 7) is 0.590. The number of rotatable bonds is 8. The van der Waals surface area contributed by atoms with Gasteiger partial charge >= 0.3 is 0 Å². The van der Waals surface area contributed by atoms with Crippen molar-refractivity contribution in [3.05, 3.63) is 60.4 Å². The second-order valence-corrected chi connectivity index (χ2v) is 5.65. The van der Waals surface area contributed by atoms with Crippen LogP contribution in [-0.4, -0.2) is 31.3 Å². The number of anilines is 3. The number of hydrogen-bond acceptors (Lipinski definition) is 7. The van der Waals surface area contributed by atoms with Crippen LogP contribution < -0.4 is 24.8 Å². The fourth-order valence-corrected chi connectivity index (χ4v) is 2.60. The lowest BCUT2D eigenvalue weighted by atomic mass is 10.2.